The zero-order valence-corrected chi connectivity index (χ0v) is 15.1. The lowest BCUT2D eigenvalue weighted by Gasteiger charge is -2.14. The molecule has 1 amide bonds. The van der Waals surface area contributed by atoms with E-state index in [1.165, 1.54) is 28.4 Å². The molecule has 2 aromatic carbocycles. The van der Waals surface area contributed by atoms with Gasteiger partial charge in [0.1, 0.15) is 0 Å². The molecule has 0 saturated carbocycles. The Morgan fingerprint density at radius 1 is 0.923 bits per heavy atom. The Morgan fingerprint density at radius 3 is 2.08 bits per heavy atom. The maximum atomic E-state index is 12.4. The van der Waals surface area contributed by atoms with Crippen LogP contribution in [0.15, 0.2) is 36.4 Å². The van der Waals surface area contributed by atoms with Gasteiger partial charge in [-0.2, -0.15) is 0 Å². The van der Waals surface area contributed by atoms with Crippen LogP contribution in [-0.4, -0.2) is 40.3 Å². The van der Waals surface area contributed by atoms with E-state index in [9.17, 15) is 9.59 Å². The molecule has 7 heteroatoms. The molecule has 0 saturated heterocycles. The molecule has 0 heterocycles. The Morgan fingerprint density at radius 2 is 1.54 bits per heavy atom. The van der Waals surface area contributed by atoms with Gasteiger partial charge in [-0.3, -0.25) is 4.79 Å². The Kier molecular flexibility index (Phi) is 6.43. The van der Waals surface area contributed by atoms with E-state index in [4.69, 9.17) is 18.9 Å². The maximum Gasteiger partial charge on any atom is 0.339 e. The first kappa shape index (κ1) is 19.1. The normalized spacial score (nSPS) is 10.0. The largest absolute Gasteiger partial charge is 0.493 e. The molecule has 138 valence electrons. The van der Waals surface area contributed by atoms with E-state index >= 15 is 0 Å². The van der Waals surface area contributed by atoms with Crippen molar-refractivity contribution in [1.82, 2.24) is 0 Å². The van der Waals surface area contributed by atoms with E-state index in [1.54, 1.807) is 36.4 Å². The summed E-state index contributed by atoms with van der Waals surface area (Å²) in [6.07, 6.45) is 0.0617. The third kappa shape index (κ3) is 4.24. The van der Waals surface area contributed by atoms with E-state index < -0.39 is 5.97 Å². The van der Waals surface area contributed by atoms with E-state index in [-0.39, 0.29) is 17.9 Å². The summed E-state index contributed by atoms with van der Waals surface area (Å²) in [5.41, 5.74) is 1.34. The second kappa shape index (κ2) is 8.75. The number of rotatable bonds is 7. The highest BCUT2D eigenvalue weighted by molar-refractivity contribution is 6.01. The van der Waals surface area contributed by atoms with Crippen molar-refractivity contribution in [2.45, 2.75) is 6.42 Å². The van der Waals surface area contributed by atoms with Crippen molar-refractivity contribution < 1.29 is 28.5 Å². The molecule has 0 fully saturated rings. The van der Waals surface area contributed by atoms with Gasteiger partial charge in [0.15, 0.2) is 11.5 Å². The first-order chi connectivity index (χ1) is 12.5. The van der Waals surface area contributed by atoms with Crippen LogP contribution in [0.2, 0.25) is 0 Å². The van der Waals surface area contributed by atoms with Crippen molar-refractivity contribution >= 4 is 17.6 Å². The molecule has 2 aromatic rings. The number of methoxy groups -OCH3 is 4. The van der Waals surface area contributed by atoms with E-state index in [2.05, 4.69) is 5.32 Å². The molecule has 0 aliphatic heterocycles. The van der Waals surface area contributed by atoms with Crippen molar-refractivity contribution in [3.63, 3.8) is 0 Å². The summed E-state index contributed by atoms with van der Waals surface area (Å²) in [6, 6.07) is 10.0. The minimum Gasteiger partial charge on any atom is -0.493 e. The smallest absolute Gasteiger partial charge is 0.339 e. The number of para-hydroxylation sites is 1. The van der Waals surface area contributed by atoms with Crippen molar-refractivity contribution in [2.24, 2.45) is 0 Å². The summed E-state index contributed by atoms with van der Waals surface area (Å²) in [6.45, 7) is 0. The summed E-state index contributed by atoms with van der Waals surface area (Å²) in [7, 11) is 5.81. The number of carbonyl (C=O) groups excluding carboxylic acids is 2. The van der Waals surface area contributed by atoms with Gasteiger partial charge >= 0.3 is 5.97 Å². The van der Waals surface area contributed by atoms with E-state index in [1.807, 2.05) is 0 Å². The van der Waals surface area contributed by atoms with E-state index in [0.29, 0.717) is 28.5 Å². The molecule has 0 aromatic heterocycles. The number of anilines is 1. The van der Waals surface area contributed by atoms with Gasteiger partial charge < -0.3 is 24.3 Å². The third-order valence-electron chi connectivity index (χ3n) is 3.70. The fourth-order valence-corrected chi connectivity index (χ4v) is 2.50. The van der Waals surface area contributed by atoms with Crippen LogP contribution in [0.25, 0.3) is 0 Å². The molecule has 0 unspecified atom stereocenters. The van der Waals surface area contributed by atoms with Gasteiger partial charge in [0.25, 0.3) is 0 Å². The van der Waals surface area contributed by atoms with Gasteiger partial charge in [0, 0.05) is 0 Å². The van der Waals surface area contributed by atoms with Crippen molar-refractivity contribution in [3.05, 3.63) is 47.5 Å². The van der Waals surface area contributed by atoms with Gasteiger partial charge in [-0.1, -0.05) is 12.1 Å². The fourth-order valence-electron chi connectivity index (χ4n) is 2.50. The number of amides is 1. The van der Waals surface area contributed by atoms with Gasteiger partial charge in [0.2, 0.25) is 11.7 Å². The molecular formula is C19H21NO6. The Bertz CT molecular complexity index is 777. The van der Waals surface area contributed by atoms with Gasteiger partial charge in [-0.05, 0) is 29.8 Å². The van der Waals surface area contributed by atoms with Crippen LogP contribution < -0.4 is 19.5 Å². The lowest BCUT2D eigenvalue weighted by molar-refractivity contribution is -0.115. The second-order valence-electron chi connectivity index (χ2n) is 5.30. The van der Waals surface area contributed by atoms with Crippen LogP contribution in [0.3, 0.4) is 0 Å². The Labute approximate surface area is 151 Å². The quantitative estimate of drug-likeness (QED) is 0.766. The third-order valence-corrected chi connectivity index (χ3v) is 3.70. The molecule has 0 aliphatic carbocycles. The Balaban J connectivity index is 2.22. The van der Waals surface area contributed by atoms with Crippen LogP contribution >= 0.6 is 0 Å². The zero-order valence-electron chi connectivity index (χ0n) is 15.1. The molecule has 26 heavy (non-hydrogen) atoms. The monoisotopic (exact) mass is 359 g/mol. The number of ether oxygens (including phenoxy) is 4. The maximum absolute atomic E-state index is 12.4. The molecule has 0 spiro atoms. The molecule has 2 rings (SSSR count). The molecule has 0 aliphatic rings. The predicted octanol–water partition coefficient (Wildman–Crippen LogP) is 2.68. The molecule has 1 N–H and O–H groups in total. The Hall–Kier alpha value is -3.22. The van der Waals surface area contributed by atoms with Gasteiger partial charge in [0.05, 0.1) is 46.1 Å². The van der Waals surface area contributed by atoms with Crippen molar-refractivity contribution in [1.29, 1.82) is 0 Å². The molecular weight excluding hydrogens is 338 g/mol. The lowest BCUT2D eigenvalue weighted by atomic mass is 10.1. The molecule has 0 bridgehead atoms. The van der Waals surface area contributed by atoms with Crippen LogP contribution in [0, 0.1) is 0 Å². The summed E-state index contributed by atoms with van der Waals surface area (Å²) in [5.74, 6) is 0.564. The lowest BCUT2D eigenvalue weighted by Crippen LogP contribution is -2.17. The predicted molar refractivity (Wildman–Crippen MR) is 96.2 cm³/mol. The number of nitrogens with one attached hydrogen (secondary N) is 1. The minimum absolute atomic E-state index is 0.0617. The van der Waals surface area contributed by atoms with Crippen LogP contribution in [0.1, 0.15) is 15.9 Å². The average molecular weight is 359 g/mol. The molecule has 0 radical (unpaired) electrons. The number of hydrogen-bond donors (Lipinski definition) is 1. The second-order valence-corrected chi connectivity index (χ2v) is 5.30. The van der Waals surface area contributed by atoms with Gasteiger partial charge in [-0.25, -0.2) is 4.79 Å². The first-order valence-electron chi connectivity index (χ1n) is 7.80. The summed E-state index contributed by atoms with van der Waals surface area (Å²) in [4.78, 5) is 24.2. The standard InChI is InChI=1S/C19H21NO6/c1-23-15-9-12(10-16(24-2)18(15)25-3)11-17(21)20-14-8-6-5-7-13(14)19(22)26-4/h5-10H,11H2,1-4H3,(H,20,21). The topological polar surface area (TPSA) is 83.1 Å². The summed E-state index contributed by atoms with van der Waals surface area (Å²) >= 11 is 0. The highest BCUT2D eigenvalue weighted by Gasteiger charge is 2.17. The number of hydrogen-bond acceptors (Lipinski definition) is 6. The highest BCUT2D eigenvalue weighted by atomic mass is 16.5. The van der Waals surface area contributed by atoms with Crippen LogP contribution in [0.5, 0.6) is 17.2 Å². The van der Waals surface area contributed by atoms with Crippen LogP contribution in [0.4, 0.5) is 5.69 Å². The molecule has 0 atom stereocenters. The van der Waals surface area contributed by atoms with Crippen LogP contribution in [-0.2, 0) is 16.0 Å². The van der Waals surface area contributed by atoms with E-state index in [0.717, 1.165) is 0 Å². The minimum atomic E-state index is -0.520. The SMILES string of the molecule is COC(=O)c1ccccc1NC(=O)Cc1cc(OC)c(OC)c(OC)c1. The molecule has 7 nitrogen and oxygen atoms in total. The number of esters is 1. The fraction of sp³-hybridized carbons (Fsp3) is 0.263. The number of benzene rings is 2. The average Bonchev–Trinajstić information content (AvgIpc) is 2.66. The summed E-state index contributed by atoms with van der Waals surface area (Å²) < 4.78 is 20.6. The van der Waals surface area contributed by atoms with Gasteiger partial charge in [-0.15, -0.1) is 0 Å². The summed E-state index contributed by atoms with van der Waals surface area (Å²) in [5, 5.41) is 2.73. The zero-order chi connectivity index (χ0) is 19.1. The highest BCUT2D eigenvalue weighted by Crippen LogP contribution is 2.38. The number of carbonyl (C=O) groups is 2. The van der Waals surface area contributed by atoms with Crippen molar-refractivity contribution in [3.8, 4) is 17.2 Å². The first-order valence-corrected chi connectivity index (χ1v) is 7.80. The van der Waals surface area contributed by atoms with Crippen molar-refractivity contribution in [2.75, 3.05) is 33.8 Å².